The van der Waals surface area contributed by atoms with Crippen LogP contribution in [0.1, 0.15) is 19.8 Å². The van der Waals surface area contributed by atoms with E-state index in [9.17, 15) is 0 Å². The zero-order valence-electron chi connectivity index (χ0n) is 6.32. The highest BCUT2D eigenvalue weighted by Crippen LogP contribution is 2.36. The van der Waals surface area contributed by atoms with Gasteiger partial charge in [0.15, 0.2) is 3.79 Å². The molecule has 2 atom stereocenters. The van der Waals surface area contributed by atoms with Gasteiger partial charge in [0.25, 0.3) is 0 Å². The van der Waals surface area contributed by atoms with Crippen LogP contribution in [0.25, 0.3) is 0 Å². The van der Waals surface area contributed by atoms with Gasteiger partial charge in [0.05, 0.1) is 6.10 Å². The summed E-state index contributed by atoms with van der Waals surface area (Å²) in [6.45, 7) is 2.92. The van der Waals surface area contributed by atoms with Gasteiger partial charge in [-0.15, -0.1) is 0 Å². The molecule has 0 spiro atoms. The van der Waals surface area contributed by atoms with Gasteiger partial charge in [-0.2, -0.15) is 0 Å². The van der Waals surface area contributed by atoms with E-state index in [1.807, 2.05) is 0 Å². The van der Waals surface area contributed by atoms with E-state index >= 15 is 0 Å². The Bertz CT molecular complexity index is 132. The zero-order valence-corrected chi connectivity index (χ0v) is 8.59. The SMILES string of the molecule is C[C@@H]1CCO[C@H]1CC(Cl)(Cl)Cl. The largest absolute Gasteiger partial charge is 0.378 e. The number of ether oxygens (including phenoxy) is 1. The van der Waals surface area contributed by atoms with Crippen molar-refractivity contribution in [2.24, 2.45) is 5.92 Å². The number of hydrogen-bond acceptors (Lipinski definition) is 1. The summed E-state index contributed by atoms with van der Waals surface area (Å²) < 4.78 is 4.22. The van der Waals surface area contributed by atoms with Crippen LogP contribution >= 0.6 is 34.8 Å². The molecule has 1 heterocycles. The van der Waals surface area contributed by atoms with E-state index in [1.165, 1.54) is 0 Å². The minimum absolute atomic E-state index is 0.127. The maximum atomic E-state index is 5.63. The minimum Gasteiger partial charge on any atom is -0.378 e. The molecule has 0 aromatic carbocycles. The lowest BCUT2D eigenvalue weighted by molar-refractivity contribution is 0.0881. The van der Waals surface area contributed by atoms with E-state index in [-0.39, 0.29) is 6.10 Å². The maximum Gasteiger partial charge on any atom is 0.193 e. The van der Waals surface area contributed by atoms with Crippen LogP contribution in [0.2, 0.25) is 0 Å². The molecular weight excluding hydrogens is 206 g/mol. The van der Waals surface area contributed by atoms with E-state index in [0.717, 1.165) is 13.0 Å². The Balaban J connectivity index is 2.37. The summed E-state index contributed by atoms with van der Waals surface area (Å²) in [4.78, 5) is 0. The van der Waals surface area contributed by atoms with Crippen LogP contribution < -0.4 is 0 Å². The molecular formula is C7H11Cl3O. The lowest BCUT2D eigenvalue weighted by Gasteiger charge is -2.19. The molecule has 1 saturated heterocycles. The van der Waals surface area contributed by atoms with Gasteiger partial charge in [0.2, 0.25) is 0 Å². The summed E-state index contributed by atoms with van der Waals surface area (Å²) in [7, 11) is 0. The second-order valence-corrected chi connectivity index (χ2v) is 5.51. The first kappa shape index (κ1) is 9.91. The molecule has 0 bridgehead atoms. The summed E-state index contributed by atoms with van der Waals surface area (Å²) in [5.74, 6) is 0.519. The van der Waals surface area contributed by atoms with E-state index in [1.54, 1.807) is 0 Å². The van der Waals surface area contributed by atoms with Gasteiger partial charge in [0.1, 0.15) is 0 Å². The van der Waals surface area contributed by atoms with Gasteiger partial charge in [-0.05, 0) is 12.3 Å². The summed E-state index contributed by atoms with van der Waals surface area (Å²) in [5.41, 5.74) is 0. The fourth-order valence-electron chi connectivity index (χ4n) is 1.24. The van der Waals surface area contributed by atoms with Crippen LogP contribution in [-0.4, -0.2) is 16.5 Å². The molecule has 66 valence electrons. The smallest absolute Gasteiger partial charge is 0.193 e. The number of rotatable bonds is 1. The van der Waals surface area contributed by atoms with Gasteiger partial charge in [-0.1, -0.05) is 41.7 Å². The Morgan fingerprint density at radius 1 is 1.45 bits per heavy atom. The molecule has 11 heavy (non-hydrogen) atoms. The molecule has 0 saturated carbocycles. The molecule has 1 nitrogen and oxygen atoms in total. The summed E-state index contributed by atoms with van der Waals surface area (Å²) in [6, 6.07) is 0. The Morgan fingerprint density at radius 3 is 2.45 bits per heavy atom. The first-order valence-corrected chi connectivity index (χ1v) is 4.81. The molecule has 1 fully saturated rings. The van der Waals surface area contributed by atoms with Gasteiger partial charge in [-0.3, -0.25) is 0 Å². The van der Waals surface area contributed by atoms with E-state index in [2.05, 4.69) is 6.92 Å². The van der Waals surface area contributed by atoms with Crippen molar-refractivity contribution in [1.29, 1.82) is 0 Å². The zero-order chi connectivity index (χ0) is 8.48. The van der Waals surface area contributed by atoms with Crippen molar-refractivity contribution in [1.82, 2.24) is 0 Å². The van der Waals surface area contributed by atoms with Crippen molar-refractivity contribution in [2.75, 3.05) is 6.61 Å². The highest BCUT2D eigenvalue weighted by molar-refractivity contribution is 6.67. The van der Waals surface area contributed by atoms with E-state index in [0.29, 0.717) is 12.3 Å². The number of hydrogen-bond donors (Lipinski definition) is 0. The fourth-order valence-corrected chi connectivity index (χ4v) is 1.70. The highest BCUT2D eigenvalue weighted by Gasteiger charge is 2.32. The third-order valence-electron chi connectivity index (χ3n) is 1.97. The van der Waals surface area contributed by atoms with Crippen LogP contribution in [0.5, 0.6) is 0 Å². The molecule has 1 aliphatic rings. The summed E-state index contributed by atoms with van der Waals surface area (Å²) in [5, 5.41) is 0. The van der Waals surface area contributed by atoms with Crippen molar-refractivity contribution in [2.45, 2.75) is 29.7 Å². The lowest BCUT2D eigenvalue weighted by atomic mass is 10.0. The average Bonchev–Trinajstić information content (AvgIpc) is 2.12. The van der Waals surface area contributed by atoms with Crippen molar-refractivity contribution < 1.29 is 4.74 Å². The molecule has 1 rings (SSSR count). The molecule has 0 aliphatic carbocycles. The minimum atomic E-state index is -1.16. The Hall–Kier alpha value is 0.830. The fraction of sp³-hybridized carbons (Fsp3) is 1.00. The van der Waals surface area contributed by atoms with Gasteiger partial charge < -0.3 is 4.74 Å². The molecule has 0 radical (unpaired) electrons. The predicted octanol–water partition coefficient (Wildman–Crippen LogP) is 3.17. The van der Waals surface area contributed by atoms with Gasteiger partial charge in [-0.25, -0.2) is 0 Å². The van der Waals surface area contributed by atoms with Crippen LogP contribution in [-0.2, 0) is 4.74 Å². The molecule has 4 heteroatoms. The number of alkyl halides is 3. The normalized spacial score (nSPS) is 32.7. The Morgan fingerprint density at radius 2 is 2.09 bits per heavy atom. The van der Waals surface area contributed by atoms with Crippen molar-refractivity contribution >= 4 is 34.8 Å². The second-order valence-electron chi connectivity index (χ2n) is 2.99. The Kier molecular flexibility index (Phi) is 3.33. The van der Waals surface area contributed by atoms with E-state index in [4.69, 9.17) is 39.5 Å². The Labute approximate surface area is 81.9 Å². The highest BCUT2D eigenvalue weighted by atomic mass is 35.6. The van der Waals surface area contributed by atoms with E-state index < -0.39 is 3.79 Å². The molecule has 0 aromatic rings. The molecule has 0 aromatic heterocycles. The van der Waals surface area contributed by atoms with Gasteiger partial charge in [0, 0.05) is 13.0 Å². The van der Waals surface area contributed by atoms with Crippen LogP contribution in [0.4, 0.5) is 0 Å². The van der Waals surface area contributed by atoms with Crippen molar-refractivity contribution in [3.8, 4) is 0 Å². The van der Waals surface area contributed by atoms with Crippen LogP contribution in [0.3, 0.4) is 0 Å². The average molecular weight is 218 g/mol. The first-order valence-electron chi connectivity index (χ1n) is 3.67. The monoisotopic (exact) mass is 216 g/mol. The summed E-state index contributed by atoms with van der Waals surface area (Å²) in [6.07, 6.45) is 1.70. The lowest BCUT2D eigenvalue weighted by Crippen LogP contribution is -2.20. The summed E-state index contributed by atoms with van der Waals surface area (Å²) >= 11 is 16.9. The van der Waals surface area contributed by atoms with Crippen molar-refractivity contribution in [3.05, 3.63) is 0 Å². The van der Waals surface area contributed by atoms with Crippen LogP contribution in [0, 0.1) is 5.92 Å². The molecule has 0 N–H and O–H groups in total. The van der Waals surface area contributed by atoms with Crippen molar-refractivity contribution in [3.63, 3.8) is 0 Å². The van der Waals surface area contributed by atoms with Crippen LogP contribution in [0.15, 0.2) is 0 Å². The second kappa shape index (κ2) is 3.69. The topological polar surface area (TPSA) is 9.23 Å². The predicted molar refractivity (Wildman–Crippen MR) is 48.4 cm³/mol. The maximum absolute atomic E-state index is 5.63. The number of halogens is 3. The van der Waals surface area contributed by atoms with Gasteiger partial charge >= 0.3 is 0 Å². The third kappa shape index (κ3) is 3.37. The molecule has 1 aliphatic heterocycles. The molecule has 0 unspecified atom stereocenters. The standard InChI is InChI=1S/C7H11Cl3O/c1-5-2-3-11-6(5)4-7(8,9)10/h5-6H,2-4H2,1H3/t5-,6+/m1/s1. The third-order valence-corrected chi connectivity index (χ3v) is 2.44. The quantitative estimate of drug-likeness (QED) is 0.613. The molecule has 0 amide bonds. The first-order chi connectivity index (χ1) is 4.99.